The van der Waals surface area contributed by atoms with Gasteiger partial charge in [-0.3, -0.25) is 0 Å². The highest BCUT2D eigenvalue weighted by Gasteiger charge is 2.31. The second kappa shape index (κ2) is 3.53. The van der Waals surface area contributed by atoms with Crippen molar-refractivity contribution in [1.82, 2.24) is 5.32 Å². The van der Waals surface area contributed by atoms with E-state index in [4.69, 9.17) is 0 Å². The third kappa shape index (κ3) is 1.53. The van der Waals surface area contributed by atoms with Crippen LogP contribution in [0.1, 0.15) is 24.0 Å². The largest absolute Gasteiger partial charge is 0.508 e. The fraction of sp³-hybridized carbons (Fsp3) is 0.538. The number of phenols is 1. The van der Waals surface area contributed by atoms with Crippen LogP contribution in [0.15, 0.2) is 18.2 Å². The average molecular weight is 203 g/mol. The monoisotopic (exact) mass is 203 g/mol. The molecule has 2 N–H and O–H groups in total. The van der Waals surface area contributed by atoms with Crippen LogP contribution in [0.2, 0.25) is 0 Å². The molecule has 1 aliphatic carbocycles. The van der Waals surface area contributed by atoms with E-state index in [9.17, 15) is 5.11 Å². The molecule has 0 amide bonds. The minimum atomic E-state index is 0.497. The number of aromatic hydroxyl groups is 1. The molecule has 80 valence electrons. The van der Waals surface area contributed by atoms with Gasteiger partial charge in [0, 0.05) is 6.04 Å². The average Bonchev–Trinajstić information content (AvgIpc) is 2.27. The number of fused-ring (bicyclic) bond motifs is 2. The molecule has 0 aromatic heterocycles. The van der Waals surface area contributed by atoms with Crippen LogP contribution < -0.4 is 5.32 Å². The minimum Gasteiger partial charge on any atom is -0.508 e. The summed E-state index contributed by atoms with van der Waals surface area (Å²) in [6.45, 7) is 1.16. The van der Waals surface area contributed by atoms with Gasteiger partial charge < -0.3 is 10.4 Å². The van der Waals surface area contributed by atoms with E-state index in [0.717, 1.165) is 25.3 Å². The number of hydrogen-bond donors (Lipinski definition) is 2. The number of benzene rings is 1. The lowest BCUT2D eigenvalue weighted by Gasteiger charge is -2.37. The molecule has 2 heteroatoms. The Kier molecular flexibility index (Phi) is 2.17. The Morgan fingerprint density at radius 1 is 1.27 bits per heavy atom. The lowest BCUT2D eigenvalue weighted by Crippen LogP contribution is -2.45. The number of rotatable bonds is 0. The van der Waals surface area contributed by atoms with Gasteiger partial charge in [0.2, 0.25) is 0 Å². The van der Waals surface area contributed by atoms with Gasteiger partial charge in [-0.1, -0.05) is 12.1 Å². The molecule has 1 aromatic rings. The Labute approximate surface area is 90.3 Å². The maximum atomic E-state index is 9.83. The van der Waals surface area contributed by atoms with Gasteiger partial charge in [-0.2, -0.15) is 0 Å². The molecule has 0 spiro atoms. The van der Waals surface area contributed by atoms with E-state index >= 15 is 0 Å². The second-order valence-corrected chi connectivity index (χ2v) is 4.79. The minimum absolute atomic E-state index is 0.497. The van der Waals surface area contributed by atoms with Gasteiger partial charge in [0.05, 0.1) is 0 Å². The molecular weight excluding hydrogens is 186 g/mol. The van der Waals surface area contributed by atoms with Crippen LogP contribution in [0.4, 0.5) is 0 Å². The van der Waals surface area contributed by atoms with E-state index in [1.54, 1.807) is 0 Å². The summed E-state index contributed by atoms with van der Waals surface area (Å²) in [6, 6.07) is 6.57. The number of nitrogens with one attached hydrogen (secondary N) is 1. The van der Waals surface area contributed by atoms with E-state index in [1.807, 2.05) is 12.1 Å². The van der Waals surface area contributed by atoms with Crippen LogP contribution in [-0.2, 0) is 12.8 Å². The first-order chi connectivity index (χ1) is 7.34. The summed E-state index contributed by atoms with van der Waals surface area (Å²) in [5, 5.41) is 13.4. The molecule has 1 heterocycles. The molecule has 2 aliphatic rings. The van der Waals surface area contributed by atoms with Crippen molar-refractivity contribution in [1.29, 1.82) is 0 Å². The third-order valence-corrected chi connectivity index (χ3v) is 3.88. The van der Waals surface area contributed by atoms with Gasteiger partial charge in [0.1, 0.15) is 5.75 Å². The van der Waals surface area contributed by atoms with Gasteiger partial charge in [0.15, 0.2) is 0 Å². The van der Waals surface area contributed by atoms with Crippen LogP contribution >= 0.6 is 0 Å². The first-order valence-electron chi connectivity index (χ1n) is 5.88. The topological polar surface area (TPSA) is 32.3 Å². The van der Waals surface area contributed by atoms with E-state index in [2.05, 4.69) is 11.4 Å². The number of hydrogen-bond acceptors (Lipinski definition) is 2. The van der Waals surface area contributed by atoms with Crippen LogP contribution in [0.25, 0.3) is 0 Å². The summed E-state index contributed by atoms with van der Waals surface area (Å²) >= 11 is 0. The fourth-order valence-electron chi connectivity index (χ4n) is 3.05. The lowest BCUT2D eigenvalue weighted by molar-refractivity contribution is 0.260. The highest BCUT2D eigenvalue weighted by Crippen LogP contribution is 2.34. The first kappa shape index (κ1) is 9.22. The van der Waals surface area contributed by atoms with Crippen LogP contribution in [0.5, 0.6) is 5.75 Å². The van der Waals surface area contributed by atoms with Crippen LogP contribution in [0.3, 0.4) is 0 Å². The van der Waals surface area contributed by atoms with E-state index in [0.29, 0.717) is 11.8 Å². The zero-order chi connectivity index (χ0) is 10.3. The summed E-state index contributed by atoms with van der Waals surface area (Å²) in [5.74, 6) is 1.23. The van der Waals surface area contributed by atoms with Gasteiger partial charge in [-0.05, 0) is 55.3 Å². The zero-order valence-electron chi connectivity index (χ0n) is 8.87. The van der Waals surface area contributed by atoms with Gasteiger partial charge in [0.25, 0.3) is 0 Å². The summed E-state index contributed by atoms with van der Waals surface area (Å²) in [6.07, 6.45) is 4.74. The number of phenolic OH excluding ortho intramolecular Hbond substituents is 1. The molecule has 2 atom stereocenters. The van der Waals surface area contributed by atoms with Gasteiger partial charge in [-0.25, -0.2) is 0 Å². The molecule has 3 rings (SSSR count). The molecule has 15 heavy (non-hydrogen) atoms. The van der Waals surface area contributed by atoms with Gasteiger partial charge >= 0.3 is 0 Å². The molecular formula is C13H17NO. The Hall–Kier alpha value is -1.02. The van der Waals surface area contributed by atoms with Crippen molar-refractivity contribution >= 4 is 0 Å². The number of piperidine rings is 1. The Morgan fingerprint density at radius 2 is 2.20 bits per heavy atom. The van der Waals surface area contributed by atoms with Crippen molar-refractivity contribution in [2.75, 3.05) is 6.54 Å². The standard InChI is InChI=1S/C13H17NO/c15-13-5-1-3-9-8-12-10(7-11(9)13)4-2-6-14-12/h1,3,5,10,12,14-15H,2,4,6-8H2/t10-,12-/m0/s1. The molecule has 2 nitrogen and oxygen atoms in total. The normalized spacial score (nSPS) is 29.3. The van der Waals surface area contributed by atoms with Crippen LogP contribution in [-0.4, -0.2) is 17.7 Å². The van der Waals surface area contributed by atoms with E-state index < -0.39 is 0 Å². The predicted octanol–water partition coefficient (Wildman–Crippen LogP) is 1.86. The predicted molar refractivity (Wildman–Crippen MR) is 60.0 cm³/mol. The maximum absolute atomic E-state index is 9.83. The van der Waals surface area contributed by atoms with E-state index in [1.165, 1.54) is 24.0 Å². The highest BCUT2D eigenvalue weighted by atomic mass is 16.3. The Bertz CT molecular complexity index is 375. The van der Waals surface area contributed by atoms with Gasteiger partial charge in [-0.15, -0.1) is 0 Å². The lowest BCUT2D eigenvalue weighted by atomic mass is 9.76. The molecule has 1 fully saturated rings. The summed E-state index contributed by atoms with van der Waals surface area (Å²) < 4.78 is 0. The smallest absolute Gasteiger partial charge is 0.119 e. The molecule has 0 bridgehead atoms. The molecule has 1 aromatic carbocycles. The molecule has 0 saturated carbocycles. The molecule has 1 aliphatic heterocycles. The second-order valence-electron chi connectivity index (χ2n) is 4.79. The SMILES string of the molecule is Oc1cccc2c1C[C@@H]1CCCN[C@H]1C2. The highest BCUT2D eigenvalue weighted by molar-refractivity contribution is 5.42. The van der Waals surface area contributed by atoms with Crippen LogP contribution in [0, 0.1) is 5.92 Å². The quantitative estimate of drug-likeness (QED) is 0.674. The summed E-state index contributed by atoms with van der Waals surface area (Å²) in [4.78, 5) is 0. The van der Waals surface area contributed by atoms with Crippen molar-refractivity contribution in [2.45, 2.75) is 31.7 Å². The molecule has 0 radical (unpaired) electrons. The Morgan fingerprint density at radius 3 is 3.13 bits per heavy atom. The molecule has 0 unspecified atom stereocenters. The van der Waals surface area contributed by atoms with Crippen molar-refractivity contribution in [3.05, 3.63) is 29.3 Å². The summed E-state index contributed by atoms with van der Waals surface area (Å²) in [5.41, 5.74) is 2.54. The van der Waals surface area contributed by atoms with E-state index in [-0.39, 0.29) is 0 Å². The van der Waals surface area contributed by atoms with Crippen molar-refractivity contribution < 1.29 is 5.11 Å². The summed E-state index contributed by atoms with van der Waals surface area (Å²) in [7, 11) is 0. The first-order valence-corrected chi connectivity index (χ1v) is 5.88. The fourth-order valence-corrected chi connectivity index (χ4v) is 3.05. The van der Waals surface area contributed by atoms with Crippen molar-refractivity contribution in [2.24, 2.45) is 5.92 Å². The maximum Gasteiger partial charge on any atom is 0.119 e. The zero-order valence-corrected chi connectivity index (χ0v) is 8.87. The van der Waals surface area contributed by atoms with Crippen molar-refractivity contribution in [3.8, 4) is 5.75 Å². The Balaban J connectivity index is 1.95. The third-order valence-electron chi connectivity index (χ3n) is 3.88. The molecule has 1 saturated heterocycles. The van der Waals surface area contributed by atoms with Crippen molar-refractivity contribution in [3.63, 3.8) is 0 Å².